The first-order valence-electron chi connectivity index (χ1n) is 13.7. The number of nitrogens with one attached hydrogen (secondary N) is 2. The van der Waals surface area contributed by atoms with Gasteiger partial charge in [-0.25, -0.2) is 4.79 Å². The Kier molecular flexibility index (Phi) is 10.1. The van der Waals surface area contributed by atoms with Gasteiger partial charge in [0.25, 0.3) is 0 Å². The summed E-state index contributed by atoms with van der Waals surface area (Å²) in [6.45, 7) is 8.70. The van der Waals surface area contributed by atoms with Crippen molar-refractivity contribution in [3.8, 4) is 0 Å². The summed E-state index contributed by atoms with van der Waals surface area (Å²) in [7, 11) is 0. The number of benzene rings is 2. The van der Waals surface area contributed by atoms with E-state index in [-0.39, 0.29) is 45.1 Å². The molecule has 0 aromatic heterocycles. The van der Waals surface area contributed by atoms with Gasteiger partial charge in [0.05, 0.1) is 18.6 Å². The summed E-state index contributed by atoms with van der Waals surface area (Å²) in [6, 6.07) is 17.4. The molecule has 2 aromatic rings. The molecule has 1 heterocycles. The smallest absolute Gasteiger partial charge is 0.408 e. The molecule has 41 heavy (non-hydrogen) atoms. The maximum Gasteiger partial charge on any atom is 0.408 e. The normalized spacial score (nSPS) is 15.9. The fourth-order valence-electron chi connectivity index (χ4n) is 4.71. The zero-order chi connectivity index (χ0) is 30.3. The predicted octanol–water partition coefficient (Wildman–Crippen LogP) is 3.64. The van der Waals surface area contributed by atoms with Crippen LogP contribution >= 0.6 is 0 Å². The molecule has 2 aromatic carbocycles. The van der Waals surface area contributed by atoms with Crippen LogP contribution in [0, 0.1) is 0 Å². The number of carboxylic acid groups (broad SMARTS) is 1. The number of hydrogen-bond donors (Lipinski definition) is 3. The lowest BCUT2D eigenvalue weighted by atomic mass is 9.72. The summed E-state index contributed by atoms with van der Waals surface area (Å²) in [5.41, 5.74) is -1.64. The topological polar surface area (TPSA) is 134 Å². The van der Waals surface area contributed by atoms with E-state index in [0.29, 0.717) is 5.56 Å². The number of amides is 3. The van der Waals surface area contributed by atoms with Crippen molar-refractivity contribution >= 4 is 23.9 Å². The monoisotopic (exact) mass is 567 g/mol. The second-order valence-corrected chi connectivity index (χ2v) is 11.9. The number of alkyl carbamates (subject to hydrolysis) is 1. The minimum atomic E-state index is -1.39. The second kappa shape index (κ2) is 13.2. The Morgan fingerprint density at radius 1 is 0.927 bits per heavy atom. The number of nitrogens with zero attached hydrogens (tertiary/aromatic N) is 1. The minimum absolute atomic E-state index is 0.110. The van der Waals surface area contributed by atoms with Crippen molar-refractivity contribution in [3.63, 3.8) is 0 Å². The highest BCUT2D eigenvalue weighted by atomic mass is 16.6. The molecule has 0 bridgehead atoms. The summed E-state index contributed by atoms with van der Waals surface area (Å²) >= 11 is 0. The van der Waals surface area contributed by atoms with Gasteiger partial charge in [-0.15, -0.1) is 0 Å². The molecule has 0 spiro atoms. The van der Waals surface area contributed by atoms with Crippen LogP contribution in [-0.2, 0) is 35.9 Å². The van der Waals surface area contributed by atoms with Crippen molar-refractivity contribution in [1.29, 1.82) is 0 Å². The van der Waals surface area contributed by atoms with E-state index in [1.165, 1.54) is 13.8 Å². The van der Waals surface area contributed by atoms with Crippen LogP contribution in [-0.4, -0.2) is 70.8 Å². The van der Waals surface area contributed by atoms with Crippen LogP contribution in [0.1, 0.15) is 58.6 Å². The molecule has 1 atom stereocenters. The summed E-state index contributed by atoms with van der Waals surface area (Å²) in [6.07, 6.45) is -0.298. The van der Waals surface area contributed by atoms with Gasteiger partial charge in [0.2, 0.25) is 11.8 Å². The number of carboxylic acids is 1. The molecular weight excluding hydrogens is 526 g/mol. The van der Waals surface area contributed by atoms with Crippen molar-refractivity contribution in [2.75, 3.05) is 19.7 Å². The summed E-state index contributed by atoms with van der Waals surface area (Å²) in [5.74, 6) is -1.90. The van der Waals surface area contributed by atoms with Crippen molar-refractivity contribution < 1.29 is 33.8 Å². The SMILES string of the molecule is CC(C)(C)OC(=O)NC(C)(C)C(=O)NC(COCc1ccccc1)C(=O)N1CCC(C(=O)O)(c2ccccc2)CC1. The lowest BCUT2D eigenvalue weighted by molar-refractivity contribution is -0.149. The molecule has 1 aliphatic heterocycles. The van der Waals surface area contributed by atoms with Crippen LogP contribution in [0.4, 0.5) is 4.79 Å². The largest absolute Gasteiger partial charge is 0.481 e. The molecule has 222 valence electrons. The lowest BCUT2D eigenvalue weighted by Gasteiger charge is -2.40. The summed E-state index contributed by atoms with van der Waals surface area (Å²) in [4.78, 5) is 53.3. The fourth-order valence-corrected chi connectivity index (χ4v) is 4.71. The van der Waals surface area contributed by atoms with Gasteiger partial charge in [-0.2, -0.15) is 0 Å². The van der Waals surface area contributed by atoms with E-state index in [1.807, 2.05) is 36.4 Å². The molecule has 1 fully saturated rings. The van der Waals surface area contributed by atoms with Gasteiger partial charge in [0, 0.05) is 13.1 Å². The molecule has 3 amide bonds. The average molecular weight is 568 g/mol. The first kappa shape index (κ1) is 31.6. The highest BCUT2D eigenvalue weighted by molar-refractivity contribution is 5.94. The quantitative estimate of drug-likeness (QED) is 0.399. The number of likely N-dealkylation sites (tertiary alicyclic amines) is 1. The second-order valence-electron chi connectivity index (χ2n) is 11.9. The Morgan fingerprint density at radius 3 is 2.02 bits per heavy atom. The standard InChI is InChI=1S/C31H41N3O7/c1-29(2,3)41-28(39)33-30(4,5)26(36)32-24(21-40-20-22-12-8-6-9-13-22)25(35)34-18-16-31(17-19-34,27(37)38)23-14-10-7-11-15-23/h6-15,24H,16-21H2,1-5H3,(H,32,36)(H,33,39)(H,37,38). The van der Waals surface area contributed by atoms with Gasteiger partial charge in [0.15, 0.2) is 0 Å². The lowest BCUT2D eigenvalue weighted by Crippen LogP contribution is -2.61. The molecule has 1 saturated heterocycles. The molecule has 0 aliphatic carbocycles. The Bertz CT molecular complexity index is 1200. The Labute approximate surface area is 241 Å². The maximum atomic E-state index is 13.7. The fraction of sp³-hybridized carbons (Fsp3) is 0.484. The van der Waals surface area contributed by atoms with Crippen molar-refractivity contribution in [1.82, 2.24) is 15.5 Å². The Morgan fingerprint density at radius 2 is 1.49 bits per heavy atom. The van der Waals surface area contributed by atoms with Gasteiger partial charge in [-0.1, -0.05) is 60.7 Å². The van der Waals surface area contributed by atoms with Crippen LogP contribution in [0.2, 0.25) is 0 Å². The van der Waals surface area contributed by atoms with Crippen LogP contribution in [0.15, 0.2) is 60.7 Å². The van der Waals surface area contributed by atoms with E-state index in [0.717, 1.165) is 5.56 Å². The zero-order valence-electron chi connectivity index (χ0n) is 24.4. The number of carbonyl (C=O) groups is 4. The van der Waals surface area contributed by atoms with Crippen LogP contribution in [0.3, 0.4) is 0 Å². The number of carbonyl (C=O) groups excluding carboxylic acids is 3. The average Bonchev–Trinajstić information content (AvgIpc) is 2.91. The van der Waals surface area contributed by atoms with Crippen LogP contribution in [0.25, 0.3) is 0 Å². The molecule has 10 nitrogen and oxygen atoms in total. The first-order chi connectivity index (χ1) is 19.2. The highest BCUT2D eigenvalue weighted by Gasteiger charge is 2.45. The number of hydrogen-bond acceptors (Lipinski definition) is 6. The maximum absolute atomic E-state index is 13.7. The molecule has 1 aliphatic rings. The molecular formula is C31H41N3O7. The van der Waals surface area contributed by atoms with E-state index in [9.17, 15) is 24.3 Å². The summed E-state index contributed by atoms with van der Waals surface area (Å²) in [5, 5.41) is 15.4. The van der Waals surface area contributed by atoms with E-state index >= 15 is 0 Å². The molecule has 0 radical (unpaired) electrons. The molecule has 3 rings (SSSR count). The predicted molar refractivity (Wildman–Crippen MR) is 153 cm³/mol. The molecule has 0 saturated carbocycles. The number of aliphatic carboxylic acids is 1. The van der Waals surface area contributed by atoms with Crippen LogP contribution < -0.4 is 10.6 Å². The number of ether oxygens (including phenoxy) is 2. The highest BCUT2D eigenvalue weighted by Crippen LogP contribution is 2.36. The van der Waals surface area contributed by atoms with Gasteiger partial charge >= 0.3 is 12.1 Å². The van der Waals surface area contributed by atoms with Gasteiger partial charge in [0.1, 0.15) is 17.2 Å². The first-order valence-corrected chi connectivity index (χ1v) is 13.7. The van der Waals surface area contributed by atoms with Crippen LogP contribution in [0.5, 0.6) is 0 Å². The number of rotatable bonds is 10. The third-order valence-corrected chi connectivity index (χ3v) is 7.05. The minimum Gasteiger partial charge on any atom is -0.481 e. The Balaban J connectivity index is 1.73. The zero-order valence-corrected chi connectivity index (χ0v) is 24.4. The van der Waals surface area contributed by atoms with Crippen molar-refractivity contribution in [2.45, 2.75) is 76.7 Å². The van der Waals surface area contributed by atoms with Gasteiger partial charge in [-0.3, -0.25) is 14.4 Å². The van der Waals surface area contributed by atoms with E-state index in [1.54, 1.807) is 49.9 Å². The molecule has 1 unspecified atom stereocenters. The third kappa shape index (κ3) is 8.53. The van der Waals surface area contributed by atoms with Crippen molar-refractivity contribution in [2.24, 2.45) is 0 Å². The molecule has 3 N–H and O–H groups in total. The van der Waals surface area contributed by atoms with Gasteiger partial charge < -0.3 is 30.1 Å². The van der Waals surface area contributed by atoms with E-state index < -0.39 is 40.6 Å². The molecule has 10 heteroatoms. The van der Waals surface area contributed by atoms with E-state index in [4.69, 9.17) is 9.47 Å². The van der Waals surface area contributed by atoms with E-state index in [2.05, 4.69) is 10.6 Å². The third-order valence-electron chi connectivity index (χ3n) is 7.05. The summed E-state index contributed by atoms with van der Waals surface area (Å²) < 4.78 is 11.1. The van der Waals surface area contributed by atoms with Gasteiger partial charge in [-0.05, 0) is 58.6 Å². The van der Waals surface area contributed by atoms with Crippen molar-refractivity contribution in [3.05, 3.63) is 71.8 Å². The Hall–Kier alpha value is -3.92. The number of piperidine rings is 1.